The zero-order valence-corrected chi connectivity index (χ0v) is 12.6. The Hall–Kier alpha value is -0.570. The van der Waals surface area contributed by atoms with Crippen LogP contribution in [0.15, 0.2) is 0 Å². The van der Waals surface area contributed by atoms with Crippen LogP contribution in [0.5, 0.6) is 0 Å². The average Bonchev–Trinajstić information content (AvgIpc) is 2.89. The molecule has 1 amide bonds. The largest absolute Gasteiger partial charge is 0.342 e. The number of likely N-dealkylation sites (tertiary alicyclic amines) is 1. The highest BCUT2D eigenvalue weighted by molar-refractivity contribution is 5.76. The standard InChI is InChI=1S/C16H30N2O/c1-12(2)15-7-8-18(11-15)16(19)9-13-3-5-14(10-17)6-4-13/h12-15H,3-11,17H2,1-2H3. The van der Waals surface area contributed by atoms with E-state index in [1.165, 1.54) is 32.1 Å². The van der Waals surface area contributed by atoms with Gasteiger partial charge in [0.25, 0.3) is 0 Å². The molecule has 2 rings (SSSR count). The first-order valence-corrected chi connectivity index (χ1v) is 8.08. The number of carbonyl (C=O) groups is 1. The van der Waals surface area contributed by atoms with E-state index in [0.29, 0.717) is 23.7 Å². The molecule has 3 heteroatoms. The Morgan fingerprint density at radius 2 is 1.79 bits per heavy atom. The monoisotopic (exact) mass is 266 g/mol. The molecule has 0 radical (unpaired) electrons. The van der Waals surface area contributed by atoms with Crippen LogP contribution >= 0.6 is 0 Å². The van der Waals surface area contributed by atoms with E-state index in [4.69, 9.17) is 5.73 Å². The molecule has 3 nitrogen and oxygen atoms in total. The van der Waals surface area contributed by atoms with Gasteiger partial charge in [0.2, 0.25) is 5.91 Å². The first kappa shape index (κ1) is 14.8. The number of nitrogens with two attached hydrogens (primary N) is 1. The molecule has 2 aliphatic rings. The summed E-state index contributed by atoms with van der Waals surface area (Å²) in [4.78, 5) is 14.4. The second-order valence-corrected chi connectivity index (χ2v) is 6.96. The Kier molecular flexibility index (Phi) is 5.26. The molecule has 1 heterocycles. The smallest absolute Gasteiger partial charge is 0.222 e. The Bertz CT molecular complexity index is 295. The first-order chi connectivity index (χ1) is 9.10. The first-order valence-electron chi connectivity index (χ1n) is 8.08. The lowest BCUT2D eigenvalue weighted by molar-refractivity contribution is -0.131. The minimum Gasteiger partial charge on any atom is -0.342 e. The van der Waals surface area contributed by atoms with Crippen molar-refractivity contribution in [2.45, 2.75) is 52.4 Å². The van der Waals surface area contributed by atoms with Gasteiger partial charge in [0.15, 0.2) is 0 Å². The summed E-state index contributed by atoms with van der Waals surface area (Å²) in [6, 6.07) is 0. The Morgan fingerprint density at radius 3 is 2.32 bits per heavy atom. The van der Waals surface area contributed by atoms with E-state index in [-0.39, 0.29) is 0 Å². The number of rotatable bonds is 4. The Balaban J connectivity index is 1.73. The van der Waals surface area contributed by atoms with E-state index in [1.54, 1.807) is 0 Å². The molecular formula is C16H30N2O. The second kappa shape index (κ2) is 6.74. The molecule has 2 N–H and O–H groups in total. The van der Waals surface area contributed by atoms with E-state index in [0.717, 1.165) is 32.0 Å². The molecule has 1 saturated heterocycles. The van der Waals surface area contributed by atoms with Crippen molar-refractivity contribution in [3.05, 3.63) is 0 Å². The van der Waals surface area contributed by atoms with Crippen LogP contribution in [0.4, 0.5) is 0 Å². The van der Waals surface area contributed by atoms with Gasteiger partial charge < -0.3 is 10.6 Å². The SMILES string of the molecule is CC(C)C1CCN(C(=O)CC2CCC(CN)CC2)C1. The van der Waals surface area contributed by atoms with E-state index in [1.807, 2.05) is 0 Å². The number of nitrogens with zero attached hydrogens (tertiary/aromatic N) is 1. The number of hydrogen-bond acceptors (Lipinski definition) is 2. The Morgan fingerprint density at radius 1 is 1.16 bits per heavy atom. The highest BCUT2D eigenvalue weighted by atomic mass is 16.2. The van der Waals surface area contributed by atoms with Crippen molar-refractivity contribution in [3.8, 4) is 0 Å². The second-order valence-electron chi connectivity index (χ2n) is 6.96. The molecule has 0 spiro atoms. The maximum absolute atomic E-state index is 12.3. The number of carbonyl (C=O) groups excluding carboxylic acids is 1. The third-order valence-electron chi connectivity index (χ3n) is 5.28. The molecule has 0 aromatic carbocycles. The molecule has 0 aromatic rings. The summed E-state index contributed by atoms with van der Waals surface area (Å²) in [6.07, 6.45) is 6.83. The molecule has 1 aliphatic heterocycles. The molecule has 1 atom stereocenters. The quantitative estimate of drug-likeness (QED) is 0.850. The maximum atomic E-state index is 12.3. The van der Waals surface area contributed by atoms with Crippen molar-refractivity contribution in [1.29, 1.82) is 0 Å². The van der Waals surface area contributed by atoms with Gasteiger partial charge in [-0.3, -0.25) is 4.79 Å². The van der Waals surface area contributed by atoms with Gasteiger partial charge in [0.1, 0.15) is 0 Å². The fourth-order valence-corrected chi connectivity index (χ4v) is 3.61. The lowest BCUT2D eigenvalue weighted by Crippen LogP contribution is -2.32. The molecule has 1 saturated carbocycles. The third-order valence-corrected chi connectivity index (χ3v) is 5.28. The van der Waals surface area contributed by atoms with Crippen LogP contribution in [-0.2, 0) is 4.79 Å². The fraction of sp³-hybridized carbons (Fsp3) is 0.938. The third kappa shape index (κ3) is 3.95. The molecule has 1 aliphatic carbocycles. The topological polar surface area (TPSA) is 46.3 Å². The van der Waals surface area contributed by atoms with E-state index < -0.39 is 0 Å². The van der Waals surface area contributed by atoms with Crippen molar-refractivity contribution in [2.75, 3.05) is 19.6 Å². The summed E-state index contributed by atoms with van der Waals surface area (Å²) < 4.78 is 0. The zero-order valence-electron chi connectivity index (χ0n) is 12.6. The van der Waals surface area contributed by atoms with Gasteiger partial charge in [-0.25, -0.2) is 0 Å². The molecule has 0 aromatic heterocycles. The van der Waals surface area contributed by atoms with E-state index in [9.17, 15) is 4.79 Å². The van der Waals surface area contributed by atoms with Gasteiger partial charge in [-0.2, -0.15) is 0 Å². The lowest BCUT2D eigenvalue weighted by Gasteiger charge is -2.28. The van der Waals surface area contributed by atoms with Crippen LogP contribution in [0.2, 0.25) is 0 Å². The maximum Gasteiger partial charge on any atom is 0.222 e. The molecule has 110 valence electrons. The van der Waals surface area contributed by atoms with Gasteiger partial charge in [-0.05, 0) is 62.3 Å². The predicted molar refractivity (Wildman–Crippen MR) is 78.6 cm³/mol. The van der Waals surface area contributed by atoms with Gasteiger partial charge >= 0.3 is 0 Å². The normalized spacial score (nSPS) is 32.0. The predicted octanol–water partition coefficient (Wildman–Crippen LogP) is 2.65. The summed E-state index contributed by atoms with van der Waals surface area (Å²) >= 11 is 0. The van der Waals surface area contributed by atoms with Gasteiger partial charge in [0.05, 0.1) is 0 Å². The summed E-state index contributed by atoms with van der Waals surface area (Å²) in [5.41, 5.74) is 5.72. The van der Waals surface area contributed by atoms with Crippen molar-refractivity contribution in [3.63, 3.8) is 0 Å². The lowest BCUT2D eigenvalue weighted by atomic mass is 9.80. The van der Waals surface area contributed by atoms with Gasteiger partial charge in [-0.1, -0.05) is 13.8 Å². The molecule has 1 unspecified atom stereocenters. The van der Waals surface area contributed by atoms with Crippen molar-refractivity contribution < 1.29 is 4.79 Å². The average molecular weight is 266 g/mol. The summed E-state index contributed by atoms with van der Waals surface area (Å²) in [6.45, 7) is 7.34. The van der Waals surface area contributed by atoms with Gasteiger partial charge in [0, 0.05) is 19.5 Å². The highest BCUT2D eigenvalue weighted by Gasteiger charge is 2.30. The van der Waals surface area contributed by atoms with Crippen molar-refractivity contribution in [1.82, 2.24) is 4.90 Å². The molecule has 19 heavy (non-hydrogen) atoms. The highest BCUT2D eigenvalue weighted by Crippen LogP contribution is 2.31. The Labute approximate surface area is 117 Å². The van der Waals surface area contributed by atoms with Crippen LogP contribution in [-0.4, -0.2) is 30.4 Å². The number of amides is 1. The van der Waals surface area contributed by atoms with Crippen molar-refractivity contribution >= 4 is 5.91 Å². The minimum atomic E-state index is 0.402. The fourth-order valence-electron chi connectivity index (χ4n) is 3.61. The molecular weight excluding hydrogens is 236 g/mol. The summed E-state index contributed by atoms with van der Waals surface area (Å²) in [7, 11) is 0. The summed E-state index contributed by atoms with van der Waals surface area (Å²) in [5, 5.41) is 0. The van der Waals surface area contributed by atoms with Crippen molar-refractivity contribution in [2.24, 2.45) is 29.4 Å². The molecule has 0 bridgehead atoms. The zero-order chi connectivity index (χ0) is 13.8. The van der Waals surface area contributed by atoms with Crippen LogP contribution in [0.25, 0.3) is 0 Å². The minimum absolute atomic E-state index is 0.402. The van der Waals surface area contributed by atoms with E-state index >= 15 is 0 Å². The number of hydrogen-bond donors (Lipinski definition) is 1. The molecule has 2 fully saturated rings. The van der Waals surface area contributed by atoms with Crippen LogP contribution in [0.1, 0.15) is 52.4 Å². The van der Waals surface area contributed by atoms with Gasteiger partial charge in [-0.15, -0.1) is 0 Å². The van der Waals surface area contributed by atoms with Crippen LogP contribution in [0, 0.1) is 23.7 Å². The van der Waals surface area contributed by atoms with Crippen LogP contribution in [0.3, 0.4) is 0 Å². The van der Waals surface area contributed by atoms with E-state index in [2.05, 4.69) is 18.7 Å². The van der Waals surface area contributed by atoms with Crippen LogP contribution < -0.4 is 5.73 Å². The summed E-state index contributed by atoms with van der Waals surface area (Å²) in [5.74, 6) is 3.16.